The molecule has 0 aliphatic carbocycles. The van der Waals surface area contributed by atoms with E-state index in [9.17, 15) is 18.0 Å². The van der Waals surface area contributed by atoms with Gasteiger partial charge in [0.1, 0.15) is 18.3 Å². The molecule has 0 bridgehead atoms. The second kappa shape index (κ2) is 14.7. The van der Waals surface area contributed by atoms with Gasteiger partial charge in [0.25, 0.3) is 10.0 Å². The Kier molecular flexibility index (Phi) is 10.8. The Morgan fingerprint density at radius 2 is 1.41 bits per heavy atom. The molecule has 2 amide bonds. The Balaban J connectivity index is 1.81. The zero-order valence-corrected chi connectivity index (χ0v) is 26.3. The van der Waals surface area contributed by atoms with E-state index < -0.39 is 28.5 Å². The van der Waals surface area contributed by atoms with Gasteiger partial charge in [-0.05, 0) is 73.9 Å². The van der Waals surface area contributed by atoms with E-state index in [4.69, 9.17) is 4.74 Å². The number of methoxy groups -OCH3 is 1. The Labute approximate surface area is 260 Å². The molecule has 4 rings (SSSR count). The summed E-state index contributed by atoms with van der Waals surface area (Å²) in [5, 5.41) is 2.97. The number of amides is 2. The molecule has 0 saturated carbocycles. The van der Waals surface area contributed by atoms with Crippen molar-refractivity contribution in [2.45, 2.75) is 50.7 Å². The Bertz CT molecular complexity index is 1640. The van der Waals surface area contributed by atoms with E-state index in [2.05, 4.69) is 5.32 Å². The van der Waals surface area contributed by atoms with Crippen LogP contribution in [0.1, 0.15) is 30.5 Å². The summed E-state index contributed by atoms with van der Waals surface area (Å²) in [7, 11) is -2.64. The van der Waals surface area contributed by atoms with Gasteiger partial charge in [-0.2, -0.15) is 0 Å². The van der Waals surface area contributed by atoms with Gasteiger partial charge in [0, 0.05) is 19.0 Å². The third kappa shape index (κ3) is 8.05. The number of nitrogens with one attached hydrogen (secondary N) is 1. The minimum absolute atomic E-state index is 0.0486. The number of carbonyl (C=O) groups excluding carboxylic acids is 2. The van der Waals surface area contributed by atoms with Crippen molar-refractivity contribution in [2.75, 3.05) is 18.0 Å². The van der Waals surface area contributed by atoms with Crippen LogP contribution in [0, 0.1) is 6.92 Å². The fraction of sp³-hybridized carbons (Fsp3) is 0.257. The average molecular weight is 614 g/mol. The molecule has 0 aromatic heterocycles. The number of hydrogen-bond donors (Lipinski definition) is 1. The predicted octanol–water partition coefficient (Wildman–Crippen LogP) is 5.36. The van der Waals surface area contributed by atoms with Crippen LogP contribution in [0.15, 0.2) is 114 Å². The Hall–Kier alpha value is -4.63. The van der Waals surface area contributed by atoms with Crippen molar-refractivity contribution >= 4 is 27.5 Å². The molecule has 9 heteroatoms. The first kappa shape index (κ1) is 32.3. The molecule has 8 nitrogen and oxygen atoms in total. The third-order valence-corrected chi connectivity index (χ3v) is 9.06. The highest BCUT2D eigenvalue weighted by Crippen LogP contribution is 2.27. The van der Waals surface area contributed by atoms with Crippen molar-refractivity contribution in [3.05, 3.63) is 126 Å². The summed E-state index contributed by atoms with van der Waals surface area (Å²) in [6.07, 6.45) is 0.255. The Morgan fingerprint density at radius 3 is 2.00 bits per heavy atom. The maximum Gasteiger partial charge on any atom is 0.264 e. The van der Waals surface area contributed by atoms with Crippen molar-refractivity contribution in [2.24, 2.45) is 0 Å². The molecule has 230 valence electrons. The summed E-state index contributed by atoms with van der Waals surface area (Å²) in [4.78, 5) is 29.8. The first-order valence-electron chi connectivity index (χ1n) is 14.5. The second-order valence-corrected chi connectivity index (χ2v) is 12.7. The number of rotatable bonds is 13. The number of aryl methyl sites for hydroxylation is 1. The predicted molar refractivity (Wildman–Crippen MR) is 173 cm³/mol. The fourth-order valence-corrected chi connectivity index (χ4v) is 6.34. The Morgan fingerprint density at radius 1 is 0.818 bits per heavy atom. The zero-order chi connectivity index (χ0) is 31.7. The summed E-state index contributed by atoms with van der Waals surface area (Å²) >= 11 is 0. The SMILES string of the molecule is COc1ccc(N(CC(=O)N(Cc2ccccc2C)[C@@H](Cc2ccccc2)C(=O)NC(C)C)S(=O)(=O)c2ccccc2)cc1. The van der Waals surface area contributed by atoms with Crippen LogP contribution < -0.4 is 14.4 Å². The van der Waals surface area contributed by atoms with Crippen molar-refractivity contribution < 1.29 is 22.7 Å². The molecule has 0 aliphatic rings. The second-order valence-electron chi connectivity index (χ2n) is 10.8. The van der Waals surface area contributed by atoms with Crippen LogP contribution in [0.25, 0.3) is 0 Å². The highest BCUT2D eigenvalue weighted by atomic mass is 32.2. The average Bonchev–Trinajstić information content (AvgIpc) is 3.03. The van der Waals surface area contributed by atoms with Gasteiger partial charge in [0.2, 0.25) is 11.8 Å². The van der Waals surface area contributed by atoms with Gasteiger partial charge in [-0.3, -0.25) is 13.9 Å². The van der Waals surface area contributed by atoms with Gasteiger partial charge >= 0.3 is 0 Å². The summed E-state index contributed by atoms with van der Waals surface area (Å²) in [5.41, 5.74) is 2.99. The van der Waals surface area contributed by atoms with Crippen LogP contribution in [-0.2, 0) is 32.6 Å². The smallest absolute Gasteiger partial charge is 0.264 e. The normalized spacial score (nSPS) is 11.9. The summed E-state index contributed by atoms with van der Waals surface area (Å²) < 4.78 is 34.5. The van der Waals surface area contributed by atoms with Gasteiger partial charge in [-0.15, -0.1) is 0 Å². The number of carbonyl (C=O) groups is 2. The van der Waals surface area contributed by atoms with E-state index >= 15 is 0 Å². The van der Waals surface area contributed by atoms with Crippen LogP contribution in [-0.4, -0.2) is 50.9 Å². The van der Waals surface area contributed by atoms with E-state index in [-0.39, 0.29) is 29.8 Å². The van der Waals surface area contributed by atoms with E-state index in [1.54, 1.807) is 42.5 Å². The van der Waals surface area contributed by atoms with Crippen molar-refractivity contribution in [1.82, 2.24) is 10.2 Å². The van der Waals surface area contributed by atoms with Crippen LogP contribution in [0.4, 0.5) is 5.69 Å². The molecule has 44 heavy (non-hydrogen) atoms. The standard InChI is InChI=1S/C35H39N3O5S/c1-26(2)36-35(40)33(23-28-14-7-5-8-15-28)37(24-29-16-12-11-13-27(29)3)34(39)25-38(30-19-21-31(43-4)22-20-30)44(41,42)32-17-9-6-10-18-32/h5-22,26,33H,23-25H2,1-4H3,(H,36,40)/t33-/m0/s1. The largest absolute Gasteiger partial charge is 0.497 e. The van der Waals surface area contributed by atoms with Gasteiger partial charge < -0.3 is 15.0 Å². The molecular formula is C35H39N3O5S. The van der Waals surface area contributed by atoms with Crippen LogP contribution >= 0.6 is 0 Å². The van der Waals surface area contributed by atoms with Crippen LogP contribution in [0.5, 0.6) is 5.75 Å². The maximum absolute atomic E-state index is 14.5. The van der Waals surface area contributed by atoms with Crippen molar-refractivity contribution in [1.29, 1.82) is 0 Å². The molecule has 1 N–H and O–H groups in total. The first-order valence-corrected chi connectivity index (χ1v) is 15.9. The van der Waals surface area contributed by atoms with E-state index in [1.807, 2.05) is 75.4 Å². The van der Waals surface area contributed by atoms with Gasteiger partial charge in [-0.1, -0.05) is 72.8 Å². The van der Waals surface area contributed by atoms with Gasteiger partial charge in [0.15, 0.2) is 0 Å². The minimum atomic E-state index is -4.16. The number of hydrogen-bond acceptors (Lipinski definition) is 5. The number of sulfonamides is 1. The van der Waals surface area contributed by atoms with Crippen LogP contribution in [0.3, 0.4) is 0 Å². The van der Waals surface area contributed by atoms with Crippen LogP contribution in [0.2, 0.25) is 0 Å². The minimum Gasteiger partial charge on any atom is -0.497 e. The number of nitrogens with zero attached hydrogens (tertiary/aromatic N) is 2. The summed E-state index contributed by atoms with van der Waals surface area (Å²) in [5.74, 6) is -0.275. The highest BCUT2D eigenvalue weighted by Gasteiger charge is 2.35. The molecule has 0 aliphatic heterocycles. The maximum atomic E-state index is 14.5. The van der Waals surface area contributed by atoms with E-state index in [0.29, 0.717) is 11.4 Å². The van der Waals surface area contributed by atoms with Gasteiger partial charge in [-0.25, -0.2) is 8.42 Å². The fourth-order valence-electron chi connectivity index (χ4n) is 4.90. The highest BCUT2D eigenvalue weighted by molar-refractivity contribution is 7.92. The molecule has 0 radical (unpaired) electrons. The zero-order valence-electron chi connectivity index (χ0n) is 25.5. The summed E-state index contributed by atoms with van der Waals surface area (Å²) in [6, 6.07) is 30.6. The number of benzene rings is 4. The molecule has 1 atom stereocenters. The number of anilines is 1. The number of ether oxygens (including phenoxy) is 1. The van der Waals surface area contributed by atoms with E-state index in [1.165, 1.54) is 24.1 Å². The van der Waals surface area contributed by atoms with Gasteiger partial charge in [0.05, 0.1) is 17.7 Å². The molecule has 0 spiro atoms. The quantitative estimate of drug-likeness (QED) is 0.219. The molecule has 4 aromatic rings. The lowest BCUT2D eigenvalue weighted by atomic mass is 10.0. The lowest BCUT2D eigenvalue weighted by Gasteiger charge is -2.34. The molecular weight excluding hydrogens is 574 g/mol. The lowest BCUT2D eigenvalue weighted by Crippen LogP contribution is -2.54. The third-order valence-electron chi connectivity index (χ3n) is 7.27. The summed E-state index contributed by atoms with van der Waals surface area (Å²) in [6.45, 7) is 5.28. The molecule has 4 aromatic carbocycles. The van der Waals surface area contributed by atoms with Crippen molar-refractivity contribution in [3.8, 4) is 5.75 Å². The molecule has 0 saturated heterocycles. The van der Waals surface area contributed by atoms with E-state index in [0.717, 1.165) is 21.0 Å². The lowest BCUT2D eigenvalue weighted by molar-refractivity contribution is -0.140. The molecule has 0 unspecified atom stereocenters. The topological polar surface area (TPSA) is 96.0 Å². The monoisotopic (exact) mass is 613 g/mol. The van der Waals surface area contributed by atoms with Crippen molar-refractivity contribution in [3.63, 3.8) is 0 Å². The molecule has 0 heterocycles. The first-order chi connectivity index (χ1) is 21.1. The molecule has 0 fully saturated rings.